The second-order valence-corrected chi connectivity index (χ2v) is 6.59. The SMILES string of the molecule is CCCC(CC)N1CC2(CCCCC2)NCC1C. The molecule has 1 heterocycles. The lowest BCUT2D eigenvalue weighted by atomic mass is 9.79. The molecule has 0 aromatic rings. The molecule has 106 valence electrons. The molecule has 1 aliphatic heterocycles. The minimum atomic E-state index is 0.464. The number of hydrogen-bond acceptors (Lipinski definition) is 2. The average Bonchev–Trinajstić information content (AvgIpc) is 2.40. The van der Waals surface area contributed by atoms with Crippen molar-refractivity contribution >= 4 is 0 Å². The molecule has 0 aromatic heterocycles. The van der Waals surface area contributed by atoms with Gasteiger partial charge in [0.05, 0.1) is 0 Å². The number of piperazine rings is 1. The lowest BCUT2D eigenvalue weighted by Gasteiger charge is -2.51. The van der Waals surface area contributed by atoms with Crippen LogP contribution in [0.3, 0.4) is 0 Å². The summed E-state index contributed by atoms with van der Waals surface area (Å²) in [6, 6.07) is 1.53. The zero-order valence-electron chi connectivity index (χ0n) is 12.7. The van der Waals surface area contributed by atoms with Gasteiger partial charge in [-0.05, 0) is 32.6 Å². The summed E-state index contributed by atoms with van der Waals surface area (Å²) < 4.78 is 0. The Labute approximate surface area is 114 Å². The van der Waals surface area contributed by atoms with Crippen molar-refractivity contribution in [2.75, 3.05) is 13.1 Å². The minimum Gasteiger partial charge on any atom is -0.308 e. The molecule has 18 heavy (non-hydrogen) atoms. The standard InChI is InChI=1S/C16H32N2/c1-4-9-15(5-2)18-13-16(17-12-14(18)3)10-7-6-8-11-16/h14-15,17H,4-13H2,1-3H3. The summed E-state index contributed by atoms with van der Waals surface area (Å²) in [5.41, 5.74) is 0.464. The zero-order valence-corrected chi connectivity index (χ0v) is 12.7. The van der Waals surface area contributed by atoms with Gasteiger partial charge in [-0.25, -0.2) is 0 Å². The van der Waals surface area contributed by atoms with Gasteiger partial charge in [-0.15, -0.1) is 0 Å². The van der Waals surface area contributed by atoms with Gasteiger partial charge in [-0.2, -0.15) is 0 Å². The van der Waals surface area contributed by atoms with Crippen LogP contribution >= 0.6 is 0 Å². The lowest BCUT2D eigenvalue weighted by molar-refractivity contribution is 0.0264. The summed E-state index contributed by atoms with van der Waals surface area (Å²) >= 11 is 0. The molecular formula is C16H32N2. The van der Waals surface area contributed by atoms with E-state index in [4.69, 9.17) is 0 Å². The molecule has 1 spiro atoms. The Balaban J connectivity index is 2.03. The Morgan fingerprint density at radius 1 is 1.22 bits per heavy atom. The fourth-order valence-electron chi connectivity index (χ4n) is 4.03. The van der Waals surface area contributed by atoms with Crippen LogP contribution in [0.1, 0.15) is 72.1 Å². The van der Waals surface area contributed by atoms with Crippen LogP contribution in [0.2, 0.25) is 0 Å². The summed E-state index contributed by atoms with van der Waals surface area (Å²) in [7, 11) is 0. The second-order valence-electron chi connectivity index (χ2n) is 6.59. The van der Waals surface area contributed by atoms with E-state index in [-0.39, 0.29) is 0 Å². The monoisotopic (exact) mass is 252 g/mol. The smallest absolute Gasteiger partial charge is 0.0309 e. The van der Waals surface area contributed by atoms with Crippen LogP contribution in [0, 0.1) is 0 Å². The molecule has 0 bridgehead atoms. The van der Waals surface area contributed by atoms with Gasteiger partial charge in [-0.3, -0.25) is 4.90 Å². The van der Waals surface area contributed by atoms with E-state index < -0.39 is 0 Å². The van der Waals surface area contributed by atoms with E-state index >= 15 is 0 Å². The highest BCUT2D eigenvalue weighted by Gasteiger charge is 2.40. The predicted octanol–water partition coefficient (Wildman–Crippen LogP) is 3.56. The van der Waals surface area contributed by atoms with Crippen molar-refractivity contribution < 1.29 is 0 Å². The average molecular weight is 252 g/mol. The summed E-state index contributed by atoms with van der Waals surface area (Å²) in [5.74, 6) is 0. The zero-order chi connectivity index (χ0) is 13.0. The van der Waals surface area contributed by atoms with E-state index in [1.807, 2.05) is 0 Å². The van der Waals surface area contributed by atoms with Gasteiger partial charge in [0.1, 0.15) is 0 Å². The third kappa shape index (κ3) is 3.08. The maximum atomic E-state index is 3.89. The molecule has 1 saturated carbocycles. The molecule has 2 aliphatic rings. The van der Waals surface area contributed by atoms with Crippen molar-refractivity contribution in [3.8, 4) is 0 Å². The van der Waals surface area contributed by atoms with Crippen molar-refractivity contribution in [1.29, 1.82) is 0 Å². The summed E-state index contributed by atoms with van der Waals surface area (Å²) in [6.45, 7) is 9.59. The van der Waals surface area contributed by atoms with E-state index in [9.17, 15) is 0 Å². The summed E-state index contributed by atoms with van der Waals surface area (Å²) in [4.78, 5) is 2.82. The summed E-state index contributed by atoms with van der Waals surface area (Å²) in [6.07, 6.45) is 11.1. The largest absolute Gasteiger partial charge is 0.308 e. The molecule has 2 nitrogen and oxygen atoms in total. The third-order valence-electron chi connectivity index (χ3n) is 5.20. The fourth-order valence-corrected chi connectivity index (χ4v) is 4.03. The highest BCUT2D eigenvalue weighted by atomic mass is 15.3. The molecule has 2 heteroatoms. The van der Waals surface area contributed by atoms with Gasteiger partial charge in [0.15, 0.2) is 0 Å². The topological polar surface area (TPSA) is 15.3 Å². The molecule has 1 N–H and O–H groups in total. The first-order chi connectivity index (χ1) is 8.71. The van der Waals surface area contributed by atoms with Crippen molar-refractivity contribution in [3.05, 3.63) is 0 Å². The van der Waals surface area contributed by atoms with Gasteiger partial charge < -0.3 is 5.32 Å². The van der Waals surface area contributed by atoms with Crippen molar-refractivity contribution in [1.82, 2.24) is 10.2 Å². The van der Waals surface area contributed by atoms with Crippen molar-refractivity contribution in [3.63, 3.8) is 0 Å². The van der Waals surface area contributed by atoms with E-state index in [1.165, 1.54) is 64.5 Å². The maximum absolute atomic E-state index is 3.89. The Morgan fingerprint density at radius 2 is 1.94 bits per heavy atom. The Bertz CT molecular complexity index is 245. The molecule has 0 radical (unpaired) electrons. The van der Waals surface area contributed by atoms with Gasteiger partial charge in [0, 0.05) is 30.7 Å². The Hall–Kier alpha value is -0.0800. The van der Waals surface area contributed by atoms with Crippen LogP contribution < -0.4 is 5.32 Å². The third-order valence-corrected chi connectivity index (χ3v) is 5.20. The summed E-state index contributed by atoms with van der Waals surface area (Å²) in [5, 5.41) is 3.89. The van der Waals surface area contributed by atoms with Gasteiger partial charge in [0.25, 0.3) is 0 Å². The maximum Gasteiger partial charge on any atom is 0.0309 e. The first-order valence-electron chi connectivity index (χ1n) is 8.21. The predicted molar refractivity (Wildman–Crippen MR) is 79.0 cm³/mol. The molecule has 2 atom stereocenters. The molecule has 1 aliphatic carbocycles. The van der Waals surface area contributed by atoms with Crippen LogP contribution in [0.5, 0.6) is 0 Å². The highest BCUT2D eigenvalue weighted by Crippen LogP contribution is 2.33. The number of nitrogens with one attached hydrogen (secondary N) is 1. The first kappa shape index (κ1) is 14.3. The quantitative estimate of drug-likeness (QED) is 0.823. The van der Waals surface area contributed by atoms with E-state index in [0.717, 1.165) is 6.04 Å². The van der Waals surface area contributed by atoms with E-state index in [0.29, 0.717) is 11.6 Å². The van der Waals surface area contributed by atoms with Gasteiger partial charge in [0.2, 0.25) is 0 Å². The molecule has 1 saturated heterocycles. The fraction of sp³-hybridized carbons (Fsp3) is 1.00. The second kappa shape index (κ2) is 6.38. The van der Waals surface area contributed by atoms with Crippen LogP contribution in [-0.4, -0.2) is 35.6 Å². The van der Waals surface area contributed by atoms with Crippen LogP contribution in [0.4, 0.5) is 0 Å². The number of nitrogens with zero attached hydrogens (tertiary/aromatic N) is 1. The molecule has 2 rings (SSSR count). The Kier molecular flexibility index (Phi) is 5.08. The molecule has 0 amide bonds. The molecule has 2 fully saturated rings. The number of rotatable bonds is 4. The lowest BCUT2D eigenvalue weighted by Crippen LogP contribution is -2.65. The van der Waals surface area contributed by atoms with Crippen molar-refractivity contribution in [2.45, 2.75) is 89.8 Å². The molecule has 2 unspecified atom stereocenters. The number of hydrogen-bond donors (Lipinski definition) is 1. The van der Waals surface area contributed by atoms with E-state index in [2.05, 4.69) is 31.0 Å². The highest BCUT2D eigenvalue weighted by molar-refractivity contribution is 5.00. The molecule has 0 aromatic carbocycles. The van der Waals surface area contributed by atoms with Crippen molar-refractivity contribution in [2.24, 2.45) is 0 Å². The molecular weight excluding hydrogens is 220 g/mol. The van der Waals surface area contributed by atoms with Crippen LogP contribution in [-0.2, 0) is 0 Å². The first-order valence-corrected chi connectivity index (χ1v) is 8.21. The minimum absolute atomic E-state index is 0.464. The normalized spacial score (nSPS) is 30.5. The van der Waals surface area contributed by atoms with Gasteiger partial charge >= 0.3 is 0 Å². The van der Waals surface area contributed by atoms with Gasteiger partial charge in [-0.1, -0.05) is 39.5 Å². The van der Waals surface area contributed by atoms with E-state index in [1.54, 1.807) is 0 Å². The van der Waals surface area contributed by atoms with Crippen LogP contribution in [0.15, 0.2) is 0 Å². The van der Waals surface area contributed by atoms with Crippen LogP contribution in [0.25, 0.3) is 0 Å². The Morgan fingerprint density at radius 3 is 2.56 bits per heavy atom.